The van der Waals surface area contributed by atoms with Gasteiger partial charge in [-0.3, -0.25) is 4.79 Å². The molecule has 0 bridgehead atoms. The standard InChI is InChI=1S/C17H20N4O2S/c1-12-4-2-3-5-16(12)24-11-17(22)20-7-6-15-14(9-20)21-13(10-23-15)8-18-19-21/h2-5,8,14-15H,6-7,9-11H2,1H3/t14-,15-/m0/s1. The Labute approximate surface area is 145 Å². The van der Waals surface area contributed by atoms with Gasteiger partial charge in [-0.25, -0.2) is 4.68 Å². The molecule has 1 amide bonds. The van der Waals surface area contributed by atoms with Crippen LogP contribution in [-0.2, 0) is 16.1 Å². The van der Waals surface area contributed by atoms with E-state index >= 15 is 0 Å². The number of ether oxygens (including phenoxy) is 1. The van der Waals surface area contributed by atoms with E-state index in [1.807, 2.05) is 21.7 Å². The van der Waals surface area contributed by atoms with E-state index in [0.717, 1.165) is 18.7 Å². The number of carbonyl (C=O) groups excluding carboxylic acids is 1. The maximum atomic E-state index is 12.6. The Morgan fingerprint density at radius 2 is 2.29 bits per heavy atom. The Balaban J connectivity index is 1.41. The Kier molecular flexibility index (Phi) is 4.28. The van der Waals surface area contributed by atoms with Crippen molar-refractivity contribution in [3.8, 4) is 0 Å². The predicted octanol–water partition coefficient (Wildman–Crippen LogP) is 2.05. The summed E-state index contributed by atoms with van der Waals surface area (Å²) in [6.07, 6.45) is 2.72. The van der Waals surface area contributed by atoms with Crippen LogP contribution in [-0.4, -0.2) is 50.7 Å². The van der Waals surface area contributed by atoms with E-state index in [0.29, 0.717) is 18.9 Å². The van der Waals surface area contributed by atoms with Crippen LogP contribution < -0.4 is 0 Å². The van der Waals surface area contributed by atoms with Crippen molar-refractivity contribution in [1.29, 1.82) is 0 Å². The van der Waals surface area contributed by atoms with Crippen LogP contribution in [0.2, 0.25) is 0 Å². The van der Waals surface area contributed by atoms with Crippen molar-refractivity contribution in [3.63, 3.8) is 0 Å². The molecule has 2 aliphatic heterocycles. The molecule has 6 nitrogen and oxygen atoms in total. The number of fused-ring (bicyclic) bond motifs is 3. The van der Waals surface area contributed by atoms with E-state index in [9.17, 15) is 4.79 Å². The number of likely N-dealkylation sites (tertiary alicyclic amines) is 1. The van der Waals surface area contributed by atoms with Crippen molar-refractivity contribution in [2.24, 2.45) is 0 Å². The first kappa shape index (κ1) is 15.7. The fourth-order valence-electron chi connectivity index (χ4n) is 3.35. The molecule has 24 heavy (non-hydrogen) atoms. The average molecular weight is 344 g/mol. The Morgan fingerprint density at radius 3 is 3.17 bits per heavy atom. The molecule has 1 aromatic carbocycles. The number of rotatable bonds is 3. The van der Waals surface area contributed by atoms with E-state index in [4.69, 9.17) is 4.74 Å². The molecular weight excluding hydrogens is 324 g/mol. The second-order valence-corrected chi connectivity index (χ2v) is 7.29. The molecule has 4 rings (SSSR count). The number of thioether (sulfide) groups is 1. The molecule has 0 aliphatic carbocycles. The predicted molar refractivity (Wildman–Crippen MR) is 90.7 cm³/mol. The lowest BCUT2D eigenvalue weighted by molar-refractivity contribution is -0.135. The van der Waals surface area contributed by atoms with Crippen LogP contribution in [0.3, 0.4) is 0 Å². The minimum atomic E-state index is 0.0809. The molecule has 126 valence electrons. The maximum absolute atomic E-state index is 12.6. The van der Waals surface area contributed by atoms with Crippen LogP contribution in [0.4, 0.5) is 0 Å². The third-order valence-electron chi connectivity index (χ3n) is 4.73. The highest BCUT2D eigenvalue weighted by Gasteiger charge is 2.37. The lowest BCUT2D eigenvalue weighted by Gasteiger charge is -2.41. The summed E-state index contributed by atoms with van der Waals surface area (Å²) in [4.78, 5) is 15.7. The fourth-order valence-corrected chi connectivity index (χ4v) is 4.29. The Morgan fingerprint density at radius 1 is 1.42 bits per heavy atom. The highest BCUT2D eigenvalue weighted by molar-refractivity contribution is 8.00. The number of piperidine rings is 1. The summed E-state index contributed by atoms with van der Waals surface area (Å²) in [7, 11) is 0. The molecular formula is C17H20N4O2S. The molecule has 2 aliphatic rings. The molecule has 3 heterocycles. The molecule has 1 aromatic heterocycles. The van der Waals surface area contributed by atoms with Gasteiger partial charge in [0.2, 0.25) is 5.91 Å². The highest BCUT2D eigenvalue weighted by Crippen LogP contribution is 2.30. The summed E-state index contributed by atoms with van der Waals surface area (Å²) in [5.74, 6) is 0.641. The van der Waals surface area contributed by atoms with E-state index in [1.165, 1.54) is 10.5 Å². The van der Waals surface area contributed by atoms with Gasteiger partial charge in [0.25, 0.3) is 0 Å². The number of carbonyl (C=O) groups is 1. The average Bonchev–Trinajstić information content (AvgIpc) is 3.09. The number of nitrogens with zero attached hydrogens (tertiary/aromatic N) is 4. The first-order chi connectivity index (χ1) is 11.7. The first-order valence-corrected chi connectivity index (χ1v) is 9.18. The summed E-state index contributed by atoms with van der Waals surface area (Å²) >= 11 is 1.61. The zero-order chi connectivity index (χ0) is 16.5. The van der Waals surface area contributed by atoms with Crippen molar-refractivity contribution < 1.29 is 9.53 Å². The minimum absolute atomic E-state index is 0.0809. The van der Waals surface area contributed by atoms with Crippen molar-refractivity contribution in [1.82, 2.24) is 19.9 Å². The van der Waals surface area contributed by atoms with Gasteiger partial charge >= 0.3 is 0 Å². The van der Waals surface area contributed by atoms with Gasteiger partial charge < -0.3 is 9.64 Å². The number of benzene rings is 1. The topological polar surface area (TPSA) is 60.3 Å². The van der Waals surface area contributed by atoms with Gasteiger partial charge in [0.1, 0.15) is 0 Å². The smallest absolute Gasteiger partial charge is 0.233 e. The van der Waals surface area contributed by atoms with E-state index in [1.54, 1.807) is 18.0 Å². The number of aryl methyl sites for hydroxylation is 1. The largest absolute Gasteiger partial charge is 0.370 e. The van der Waals surface area contributed by atoms with Crippen LogP contribution in [0.15, 0.2) is 35.4 Å². The lowest BCUT2D eigenvalue weighted by atomic mass is 10.0. The van der Waals surface area contributed by atoms with Crippen molar-refractivity contribution in [2.45, 2.75) is 37.0 Å². The SMILES string of the molecule is Cc1ccccc1SCC(=O)N1CC[C@@H]2OCc3cnnn3[C@H]2C1. The second kappa shape index (κ2) is 6.57. The molecule has 0 N–H and O–H groups in total. The maximum Gasteiger partial charge on any atom is 0.233 e. The van der Waals surface area contributed by atoms with Gasteiger partial charge in [-0.15, -0.1) is 16.9 Å². The minimum Gasteiger partial charge on any atom is -0.370 e. The number of aromatic nitrogens is 3. The van der Waals surface area contributed by atoms with E-state index in [-0.39, 0.29) is 18.1 Å². The molecule has 1 saturated heterocycles. The number of hydrogen-bond acceptors (Lipinski definition) is 5. The van der Waals surface area contributed by atoms with Gasteiger partial charge in [0.05, 0.1) is 36.4 Å². The molecule has 0 unspecified atom stereocenters. The van der Waals surface area contributed by atoms with E-state index in [2.05, 4.69) is 29.4 Å². The molecule has 7 heteroatoms. The quantitative estimate of drug-likeness (QED) is 0.798. The zero-order valence-electron chi connectivity index (χ0n) is 13.6. The van der Waals surface area contributed by atoms with Crippen molar-refractivity contribution >= 4 is 17.7 Å². The molecule has 1 fully saturated rings. The zero-order valence-corrected chi connectivity index (χ0v) is 14.4. The van der Waals surface area contributed by atoms with Crippen LogP contribution in [0.5, 0.6) is 0 Å². The summed E-state index contributed by atoms with van der Waals surface area (Å²) in [5, 5.41) is 8.16. The number of hydrogen-bond donors (Lipinski definition) is 0. The van der Waals surface area contributed by atoms with Gasteiger partial charge in [-0.2, -0.15) is 0 Å². The summed E-state index contributed by atoms with van der Waals surface area (Å²) in [6.45, 7) is 4.03. The Bertz CT molecular complexity index is 748. The second-order valence-electron chi connectivity index (χ2n) is 6.27. The van der Waals surface area contributed by atoms with Crippen molar-refractivity contribution in [3.05, 3.63) is 41.7 Å². The fraction of sp³-hybridized carbons (Fsp3) is 0.471. The highest BCUT2D eigenvalue weighted by atomic mass is 32.2. The van der Waals surface area contributed by atoms with Crippen LogP contribution in [0.1, 0.15) is 23.7 Å². The van der Waals surface area contributed by atoms with E-state index < -0.39 is 0 Å². The van der Waals surface area contributed by atoms with Gasteiger partial charge in [0.15, 0.2) is 0 Å². The van der Waals surface area contributed by atoms with Gasteiger partial charge in [-0.05, 0) is 25.0 Å². The monoisotopic (exact) mass is 344 g/mol. The van der Waals surface area contributed by atoms with Gasteiger partial charge in [-0.1, -0.05) is 23.4 Å². The molecule has 2 aromatic rings. The molecule has 0 radical (unpaired) electrons. The first-order valence-electron chi connectivity index (χ1n) is 8.19. The molecule has 0 saturated carbocycles. The van der Waals surface area contributed by atoms with Crippen LogP contribution in [0, 0.1) is 6.92 Å². The third kappa shape index (κ3) is 2.93. The molecule has 2 atom stereocenters. The summed E-state index contributed by atoms with van der Waals surface area (Å²) in [6, 6.07) is 8.25. The summed E-state index contributed by atoms with van der Waals surface area (Å²) in [5.41, 5.74) is 2.20. The number of amides is 1. The van der Waals surface area contributed by atoms with Gasteiger partial charge in [0, 0.05) is 18.0 Å². The van der Waals surface area contributed by atoms with Crippen LogP contribution in [0.25, 0.3) is 0 Å². The van der Waals surface area contributed by atoms with Crippen molar-refractivity contribution in [2.75, 3.05) is 18.8 Å². The third-order valence-corrected chi connectivity index (χ3v) is 5.89. The van der Waals surface area contributed by atoms with Crippen LogP contribution >= 0.6 is 11.8 Å². The Hall–Kier alpha value is -1.86. The normalized spacial score (nSPS) is 22.8. The summed E-state index contributed by atoms with van der Waals surface area (Å²) < 4.78 is 7.83. The lowest BCUT2D eigenvalue weighted by Crippen LogP contribution is -2.50. The molecule has 0 spiro atoms.